The van der Waals surface area contributed by atoms with Crippen LogP contribution in [0.5, 0.6) is 5.75 Å². The molecule has 2 unspecified atom stereocenters. The van der Waals surface area contributed by atoms with E-state index in [4.69, 9.17) is 10.5 Å². The SMILES string of the molecule is COc1ccc(-c2ccc3c(=O)n(CCC(C)(C(N)=O)S(=O)[O-])cnc3c2F)cc1. The summed E-state index contributed by atoms with van der Waals surface area (Å²) in [5, 5.41) is 0.0382. The molecule has 158 valence electrons. The van der Waals surface area contributed by atoms with Crippen LogP contribution in [0.25, 0.3) is 22.0 Å². The van der Waals surface area contributed by atoms with Crippen molar-refractivity contribution < 1.29 is 22.7 Å². The second-order valence-electron chi connectivity index (χ2n) is 6.87. The number of carbonyl (C=O) groups excluding carboxylic acids is 1. The van der Waals surface area contributed by atoms with E-state index in [0.29, 0.717) is 11.3 Å². The van der Waals surface area contributed by atoms with Crippen LogP contribution in [-0.4, -0.2) is 36.1 Å². The molecule has 1 heterocycles. The monoisotopic (exact) mass is 432 g/mol. The van der Waals surface area contributed by atoms with Gasteiger partial charge in [-0.15, -0.1) is 0 Å². The van der Waals surface area contributed by atoms with Crippen molar-refractivity contribution in [1.29, 1.82) is 0 Å². The second-order valence-corrected chi connectivity index (χ2v) is 8.25. The fraction of sp³-hybridized carbons (Fsp3) is 0.250. The molecular formula is C20H19FN3O5S-. The Hall–Kier alpha value is -3.11. The number of hydrogen-bond donors (Lipinski definition) is 1. The molecule has 2 aromatic carbocycles. The third kappa shape index (κ3) is 3.83. The van der Waals surface area contributed by atoms with Gasteiger partial charge >= 0.3 is 0 Å². The molecule has 3 aromatic rings. The Bertz CT molecular complexity index is 1180. The molecule has 0 bridgehead atoms. The number of aromatic nitrogens is 2. The van der Waals surface area contributed by atoms with Crippen LogP contribution in [0.4, 0.5) is 4.39 Å². The Kier molecular flexibility index (Phi) is 5.99. The first kappa shape index (κ1) is 21.6. The Morgan fingerprint density at radius 1 is 1.30 bits per heavy atom. The summed E-state index contributed by atoms with van der Waals surface area (Å²) in [5.74, 6) is -1.04. The van der Waals surface area contributed by atoms with Gasteiger partial charge in [-0.25, -0.2) is 9.37 Å². The summed E-state index contributed by atoms with van der Waals surface area (Å²) < 4.78 is 42.2. The van der Waals surface area contributed by atoms with Crippen LogP contribution in [0, 0.1) is 5.82 Å². The van der Waals surface area contributed by atoms with Crippen LogP contribution in [0.15, 0.2) is 47.5 Å². The van der Waals surface area contributed by atoms with E-state index in [1.807, 2.05) is 0 Å². The molecule has 2 N–H and O–H groups in total. The first-order valence-electron chi connectivity index (χ1n) is 8.90. The molecule has 1 aromatic heterocycles. The minimum atomic E-state index is -2.77. The molecule has 8 nitrogen and oxygen atoms in total. The number of methoxy groups -OCH3 is 1. The van der Waals surface area contributed by atoms with Crippen molar-refractivity contribution in [3.8, 4) is 16.9 Å². The lowest BCUT2D eigenvalue weighted by atomic mass is 10.0. The highest BCUT2D eigenvalue weighted by Crippen LogP contribution is 2.28. The number of hydrogen-bond acceptors (Lipinski definition) is 6. The number of amides is 1. The van der Waals surface area contributed by atoms with Crippen LogP contribution in [0.3, 0.4) is 0 Å². The maximum Gasteiger partial charge on any atom is 0.261 e. The predicted octanol–water partition coefficient (Wildman–Crippen LogP) is 1.72. The van der Waals surface area contributed by atoms with Gasteiger partial charge in [0.1, 0.15) is 16.0 Å². The topological polar surface area (TPSA) is 127 Å². The molecule has 0 saturated carbocycles. The van der Waals surface area contributed by atoms with Gasteiger partial charge in [0, 0.05) is 12.1 Å². The minimum Gasteiger partial charge on any atom is -0.772 e. The van der Waals surface area contributed by atoms with Crippen LogP contribution < -0.4 is 16.0 Å². The first-order chi connectivity index (χ1) is 14.2. The third-order valence-electron chi connectivity index (χ3n) is 5.05. The summed E-state index contributed by atoms with van der Waals surface area (Å²) in [6.07, 6.45) is 0.901. The lowest BCUT2D eigenvalue weighted by Gasteiger charge is -2.28. The highest BCUT2D eigenvalue weighted by molar-refractivity contribution is 7.81. The van der Waals surface area contributed by atoms with E-state index in [1.165, 1.54) is 26.2 Å². The number of rotatable bonds is 7. The first-order valence-corrected chi connectivity index (χ1v) is 9.98. The summed E-state index contributed by atoms with van der Waals surface area (Å²) in [6.45, 7) is 1.05. The zero-order chi connectivity index (χ0) is 22.1. The zero-order valence-corrected chi connectivity index (χ0v) is 17.1. The van der Waals surface area contributed by atoms with E-state index in [-0.39, 0.29) is 29.4 Å². The molecule has 0 saturated heterocycles. The predicted molar refractivity (Wildman–Crippen MR) is 109 cm³/mol. The van der Waals surface area contributed by atoms with Gasteiger partial charge in [-0.2, -0.15) is 0 Å². The van der Waals surface area contributed by atoms with E-state index in [2.05, 4.69) is 4.98 Å². The number of aryl methyl sites for hydroxylation is 1. The highest BCUT2D eigenvalue weighted by atomic mass is 32.2. The van der Waals surface area contributed by atoms with Crippen LogP contribution >= 0.6 is 0 Å². The molecule has 0 spiro atoms. The zero-order valence-electron chi connectivity index (χ0n) is 16.3. The fourth-order valence-electron chi connectivity index (χ4n) is 2.97. The van der Waals surface area contributed by atoms with Crippen LogP contribution in [0.1, 0.15) is 13.3 Å². The smallest absolute Gasteiger partial charge is 0.261 e. The summed E-state index contributed by atoms with van der Waals surface area (Å²) >= 11 is -2.77. The van der Waals surface area contributed by atoms with E-state index in [1.54, 1.807) is 24.3 Å². The number of nitrogens with two attached hydrogens (primary N) is 1. The van der Waals surface area contributed by atoms with Crippen molar-refractivity contribution in [1.82, 2.24) is 9.55 Å². The highest BCUT2D eigenvalue weighted by Gasteiger charge is 2.32. The minimum absolute atomic E-state index is 0.0382. The average molecular weight is 432 g/mol. The number of fused-ring (bicyclic) bond motifs is 1. The summed E-state index contributed by atoms with van der Waals surface area (Å²) in [6, 6.07) is 9.71. The maximum absolute atomic E-state index is 15.1. The van der Waals surface area contributed by atoms with E-state index < -0.39 is 33.1 Å². The Balaban J connectivity index is 1.98. The Morgan fingerprint density at radius 3 is 2.53 bits per heavy atom. The van der Waals surface area contributed by atoms with Crippen molar-refractivity contribution in [2.45, 2.75) is 24.6 Å². The van der Waals surface area contributed by atoms with Crippen molar-refractivity contribution >= 4 is 27.9 Å². The van der Waals surface area contributed by atoms with E-state index >= 15 is 4.39 Å². The number of halogens is 1. The third-order valence-corrected chi connectivity index (χ3v) is 6.19. The Labute approximate surface area is 173 Å². The van der Waals surface area contributed by atoms with Gasteiger partial charge in [0.25, 0.3) is 5.56 Å². The largest absolute Gasteiger partial charge is 0.772 e. The molecule has 0 aliphatic rings. The van der Waals surface area contributed by atoms with Crippen molar-refractivity contribution in [3.05, 3.63) is 58.9 Å². The molecule has 30 heavy (non-hydrogen) atoms. The van der Waals surface area contributed by atoms with E-state index in [0.717, 1.165) is 10.9 Å². The van der Waals surface area contributed by atoms with Gasteiger partial charge in [0.05, 0.1) is 18.8 Å². The van der Waals surface area contributed by atoms with Gasteiger partial charge in [0.15, 0.2) is 5.82 Å². The standard InChI is InChI=1S/C20H20FN3O5S/c1-20(19(22)26,30(27)28)9-10-24-11-23-17-15(18(24)25)8-7-14(16(17)21)12-3-5-13(29-2)6-4-12/h3-8,11H,9-10H2,1-2H3,(H2,22,26)(H,27,28)/p-1. The molecule has 0 aliphatic heterocycles. The molecule has 0 radical (unpaired) electrons. The van der Waals surface area contributed by atoms with Gasteiger partial charge in [0.2, 0.25) is 5.91 Å². The van der Waals surface area contributed by atoms with Gasteiger partial charge in [-0.3, -0.25) is 18.4 Å². The number of carbonyl (C=O) groups is 1. The summed E-state index contributed by atoms with van der Waals surface area (Å²) in [5.41, 5.74) is 5.40. The number of benzene rings is 2. The number of primary amides is 1. The van der Waals surface area contributed by atoms with Crippen molar-refractivity contribution in [2.24, 2.45) is 5.73 Å². The fourth-order valence-corrected chi connectivity index (χ4v) is 3.40. The number of nitrogens with zero attached hydrogens (tertiary/aromatic N) is 2. The number of ether oxygens (including phenoxy) is 1. The quantitative estimate of drug-likeness (QED) is 0.567. The van der Waals surface area contributed by atoms with Gasteiger partial charge in [-0.1, -0.05) is 18.2 Å². The van der Waals surface area contributed by atoms with Crippen molar-refractivity contribution in [2.75, 3.05) is 7.11 Å². The lowest BCUT2D eigenvalue weighted by molar-refractivity contribution is -0.120. The maximum atomic E-state index is 15.1. The summed E-state index contributed by atoms with van der Waals surface area (Å²) in [7, 11) is 1.53. The second kappa shape index (κ2) is 8.33. The van der Waals surface area contributed by atoms with Crippen molar-refractivity contribution in [3.63, 3.8) is 0 Å². The molecule has 0 aliphatic carbocycles. The average Bonchev–Trinajstić information content (AvgIpc) is 2.73. The van der Waals surface area contributed by atoms with Gasteiger partial charge < -0.3 is 15.0 Å². The van der Waals surface area contributed by atoms with Gasteiger partial charge in [-0.05, 0) is 48.2 Å². The van der Waals surface area contributed by atoms with Crippen LogP contribution in [-0.2, 0) is 22.4 Å². The Morgan fingerprint density at radius 2 is 1.97 bits per heavy atom. The van der Waals surface area contributed by atoms with Crippen LogP contribution in [0.2, 0.25) is 0 Å². The normalized spacial score (nSPS) is 14.3. The molecular weight excluding hydrogens is 413 g/mol. The molecule has 0 fully saturated rings. The molecule has 10 heteroatoms. The lowest BCUT2D eigenvalue weighted by Crippen LogP contribution is -2.46. The summed E-state index contributed by atoms with van der Waals surface area (Å²) in [4.78, 5) is 28.3. The van der Waals surface area contributed by atoms with E-state index in [9.17, 15) is 18.4 Å². The molecule has 3 rings (SSSR count). The molecule has 2 atom stereocenters. The molecule has 1 amide bonds.